The van der Waals surface area contributed by atoms with Crippen molar-refractivity contribution in [3.63, 3.8) is 0 Å². The number of aryl methyl sites for hydroxylation is 1. The summed E-state index contributed by atoms with van der Waals surface area (Å²) in [5, 5.41) is 13.0. The average Bonchev–Trinajstić information content (AvgIpc) is 2.85. The number of hydrogen-bond acceptors (Lipinski definition) is 5. The third kappa shape index (κ3) is 2.88. The van der Waals surface area contributed by atoms with Gasteiger partial charge in [0.15, 0.2) is 12.4 Å². The van der Waals surface area contributed by atoms with Gasteiger partial charge in [-0.05, 0) is 22.0 Å². The van der Waals surface area contributed by atoms with Crippen LogP contribution < -0.4 is 4.74 Å². The Balaban J connectivity index is 2.10. The molecule has 5 nitrogen and oxygen atoms in total. The summed E-state index contributed by atoms with van der Waals surface area (Å²) in [7, 11) is 0. The lowest BCUT2D eigenvalue weighted by atomic mass is 10.2. The van der Waals surface area contributed by atoms with E-state index in [9.17, 15) is 5.11 Å². The van der Waals surface area contributed by atoms with E-state index in [1.54, 1.807) is 6.07 Å². The van der Waals surface area contributed by atoms with Crippen molar-refractivity contribution in [2.45, 2.75) is 26.6 Å². The van der Waals surface area contributed by atoms with Crippen molar-refractivity contribution in [1.82, 2.24) is 10.1 Å². The molecule has 0 saturated heterocycles. The molecule has 96 valence electrons. The standard InChI is InChI=1S/C12H13BrN2O3/c1-2-10-14-11(18-15-10)7-17-12-8(6-16)4-3-5-9(12)13/h3-5,16H,2,6-7H2,1H3. The Hall–Kier alpha value is -1.40. The molecular weight excluding hydrogens is 300 g/mol. The third-order valence-electron chi connectivity index (χ3n) is 2.39. The number of benzene rings is 1. The summed E-state index contributed by atoms with van der Waals surface area (Å²) >= 11 is 3.38. The van der Waals surface area contributed by atoms with Crippen LogP contribution in [0.4, 0.5) is 0 Å². The molecule has 1 aromatic heterocycles. The smallest absolute Gasteiger partial charge is 0.264 e. The fraction of sp³-hybridized carbons (Fsp3) is 0.333. The molecule has 1 heterocycles. The molecule has 0 saturated carbocycles. The number of rotatable bonds is 5. The maximum absolute atomic E-state index is 9.23. The summed E-state index contributed by atoms with van der Waals surface area (Å²) in [4.78, 5) is 4.15. The van der Waals surface area contributed by atoms with Crippen molar-refractivity contribution < 1.29 is 14.4 Å². The van der Waals surface area contributed by atoms with Crippen molar-refractivity contribution >= 4 is 15.9 Å². The number of aromatic nitrogens is 2. The first-order valence-corrected chi connectivity index (χ1v) is 6.36. The summed E-state index contributed by atoms with van der Waals surface area (Å²) in [6.07, 6.45) is 0.723. The van der Waals surface area contributed by atoms with E-state index in [0.29, 0.717) is 23.0 Å². The van der Waals surface area contributed by atoms with Crippen LogP contribution >= 0.6 is 15.9 Å². The summed E-state index contributed by atoms with van der Waals surface area (Å²) in [6, 6.07) is 5.48. The van der Waals surface area contributed by atoms with E-state index in [1.165, 1.54) is 0 Å². The zero-order chi connectivity index (χ0) is 13.0. The van der Waals surface area contributed by atoms with E-state index in [1.807, 2.05) is 19.1 Å². The van der Waals surface area contributed by atoms with Gasteiger partial charge in [-0.25, -0.2) is 0 Å². The normalized spacial score (nSPS) is 10.6. The second-order valence-electron chi connectivity index (χ2n) is 3.63. The number of halogens is 1. The Labute approximate surface area is 113 Å². The maximum atomic E-state index is 9.23. The summed E-state index contributed by atoms with van der Waals surface area (Å²) in [5.74, 6) is 1.67. The van der Waals surface area contributed by atoms with Crippen LogP contribution in [0, 0.1) is 0 Å². The summed E-state index contributed by atoms with van der Waals surface area (Å²) < 4.78 is 11.4. The molecule has 6 heteroatoms. The molecule has 0 aliphatic rings. The Bertz CT molecular complexity index is 528. The molecule has 0 amide bonds. The largest absolute Gasteiger partial charge is 0.482 e. The highest BCUT2D eigenvalue weighted by Gasteiger charge is 2.10. The molecule has 0 atom stereocenters. The molecule has 2 aromatic rings. The molecule has 0 bridgehead atoms. The molecule has 0 fully saturated rings. The van der Waals surface area contributed by atoms with Crippen molar-refractivity contribution in [2.24, 2.45) is 0 Å². The summed E-state index contributed by atoms with van der Waals surface area (Å²) in [5.41, 5.74) is 0.708. The van der Waals surface area contributed by atoms with Gasteiger partial charge in [0.05, 0.1) is 11.1 Å². The van der Waals surface area contributed by atoms with Crippen LogP contribution in [0.1, 0.15) is 24.2 Å². The fourth-order valence-corrected chi connectivity index (χ4v) is 1.99. The number of hydrogen-bond donors (Lipinski definition) is 1. The van der Waals surface area contributed by atoms with Crippen molar-refractivity contribution in [1.29, 1.82) is 0 Å². The van der Waals surface area contributed by atoms with Gasteiger partial charge in [-0.3, -0.25) is 0 Å². The topological polar surface area (TPSA) is 68.4 Å². The van der Waals surface area contributed by atoms with Crippen LogP contribution in [0.25, 0.3) is 0 Å². The first-order chi connectivity index (χ1) is 8.74. The average molecular weight is 313 g/mol. The highest BCUT2D eigenvalue weighted by atomic mass is 79.9. The fourth-order valence-electron chi connectivity index (χ4n) is 1.47. The van der Waals surface area contributed by atoms with Gasteiger partial charge in [0.2, 0.25) is 0 Å². The number of para-hydroxylation sites is 1. The number of aliphatic hydroxyl groups is 1. The van der Waals surface area contributed by atoms with Gasteiger partial charge >= 0.3 is 0 Å². The molecule has 1 N–H and O–H groups in total. The monoisotopic (exact) mass is 312 g/mol. The lowest BCUT2D eigenvalue weighted by molar-refractivity contribution is 0.227. The van der Waals surface area contributed by atoms with Crippen molar-refractivity contribution in [3.8, 4) is 5.75 Å². The number of ether oxygens (including phenoxy) is 1. The molecule has 2 rings (SSSR count). The van der Waals surface area contributed by atoms with Crippen LogP contribution in [0.2, 0.25) is 0 Å². The predicted molar refractivity (Wildman–Crippen MR) is 68.1 cm³/mol. The zero-order valence-electron chi connectivity index (χ0n) is 9.89. The first kappa shape index (κ1) is 13.0. The van der Waals surface area contributed by atoms with Gasteiger partial charge in [0.25, 0.3) is 5.89 Å². The third-order valence-corrected chi connectivity index (χ3v) is 3.01. The van der Waals surface area contributed by atoms with Crippen molar-refractivity contribution in [2.75, 3.05) is 0 Å². The molecule has 0 radical (unpaired) electrons. The lowest BCUT2D eigenvalue weighted by Crippen LogP contribution is -2.00. The van der Waals surface area contributed by atoms with Crippen molar-refractivity contribution in [3.05, 3.63) is 40.0 Å². The number of aliphatic hydroxyl groups excluding tert-OH is 1. The van der Waals surface area contributed by atoms with Crippen LogP contribution in [-0.4, -0.2) is 15.2 Å². The highest BCUT2D eigenvalue weighted by Crippen LogP contribution is 2.29. The first-order valence-electron chi connectivity index (χ1n) is 5.57. The molecule has 0 unspecified atom stereocenters. The van der Waals surface area contributed by atoms with E-state index in [4.69, 9.17) is 9.26 Å². The van der Waals surface area contributed by atoms with Crippen LogP contribution in [0.15, 0.2) is 27.2 Å². The zero-order valence-corrected chi connectivity index (χ0v) is 11.5. The minimum atomic E-state index is -0.0845. The van der Waals surface area contributed by atoms with Crippen LogP contribution in [0.3, 0.4) is 0 Å². The molecule has 0 aliphatic heterocycles. The Morgan fingerprint density at radius 2 is 2.28 bits per heavy atom. The lowest BCUT2D eigenvalue weighted by Gasteiger charge is -2.09. The Morgan fingerprint density at radius 3 is 2.94 bits per heavy atom. The quantitative estimate of drug-likeness (QED) is 0.918. The minimum Gasteiger partial charge on any atom is -0.482 e. The van der Waals surface area contributed by atoms with Gasteiger partial charge in [-0.1, -0.05) is 24.2 Å². The highest BCUT2D eigenvalue weighted by molar-refractivity contribution is 9.10. The molecule has 1 aromatic carbocycles. The van der Waals surface area contributed by atoms with E-state index in [0.717, 1.165) is 10.9 Å². The number of nitrogens with zero attached hydrogens (tertiary/aromatic N) is 2. The van der Waals surface area contributed by atoms with Crippen LogP contribution in [0.5, 0.6) is 5.75 Å². The van der Waals surface area contributed by atoms with E-state index in [-0.39, 0.29) is 13.2 Å². The molecule has 0 aliphatic carbocycles. The minimum absolute atomic E-state index is 0.0845. The maximum Gasteiger partial charge on any atom is 0.264 e. The van der Waals surface area contributed by atoms with Gasteiger partial charge in [-0.2, -0.15) is 4.98 Å². The SMILES string of the molecule is CCc1noc(COc2c(Br)cccc2CO)n1. The molecular formula is C12H13BrN2O3. The molecule has 0 spiro atoms. The predicted octanol–water partition coefficient (Wildman–Crippen LogP) is 2.47. The second-order valence-corrected chi connectivity index (χ2v) is 4.49. The van der Waals surface area contributed by atoms with Gasteiger partial charge in [0, 0.05) is 12.0 Å². The van der Waals surface area contributed by atoms with Gasteiger partial charge in [0.1, 0.15) is 5.75 Å². The van der Waals surface area contributed by atoms with E-state index < -0.39 is 0 Å². The molecule has 18 heavy (non-hydrogen) atoms. The Kier molecular flexibility index (Phi) is 4.33. The second kappa shape index (κ2) is 5.97. The van der Waals surface area contributed by atoms with Crippen LogP contribution in [-0.2, 0) is 19.6 Å². The van der Waals surface area contributed by atoms with Gasteiger partial charge in [-0.15, -0.1) is 0 Å². The summed E-state index contributed by atoms with van der Waals surface area (Å²) in [6.45, 7) is 2.05. The van der Waals surface area contributed by atoms with E-state index >= 15 is 0 Å². The Morgan fingerprint density at radius 1 is 1.44 bits per heavy atom. The van der Waals surface area contributed by atoms with Gasteiger partial charge < -0.3 is 14.4 Å². The van der Waals surface area contributed by atoms with E-state index in [2.05, 4.69) is 26.1 Å².